The average molecular weight is 465 g/mol. The molecule has 3 atom stereocenters. The van der Waals surface area contributed by atoms with Crippen molar-refractivity contribution in [1.29, 1.82) is 0 Å². The van der Waals surface area contributed by atoms with Gasteiger partial charge in [-0.15, -0.1) is 0 Å². The first-order chi connectivity index (χ1) is 16.5. The molecule has 34 heavy (non-hydrogen) atoms. The minimum Gasteiger partial charge on any atom is -0.497 e. The summed E-state index contributed by atoms with van der Waals surface area (Å²) in [5.41, 5.74) is 1.82. The fourth-order valence-corrected chi connectivity index (χ4v) is 5.38. The maximum absolute atomic E-state index is 13.2. The monoisotopic (exact) mass is 464 g/mol. The Kier molecular flexibility index (Phi) is 7.76. The zero-order valence-electron chi connectivity index (χ0n) is 20.5. The van der Waals surface area contributed by atoms with Gasteiger partial charge in [-0.3, -0.25) is 9.59 Å². The highest BCUT2D eigenvalue weighted by Gasteiger charge is 2.30. The average Bonchev–Trinajstić information content (AvgIpc) is 3.30. The second-order valence-electron chi connectivity index (χ2n) is 9.59. The number of hydrogen-bond acceptors (Lipinski definition) is 4. The van der Waals surface area contributed by atoms with Crippen LogP contribution in [0.15, 0.2) is 48.5 Å². The lowest BCUT2D eigenvalue weighted by Crippen LogP contribution is -2.49. The van der Waals surface area contributed by atoms with E-state index in [-0.39, 0.29) is 36.5 Å². The lowest BCUT2D eigenvalue weighted by atomic mass is 9.97. The molecule has 2 aliphatic rings. The molecule has 2 aromatic carbocycles. The summed E-state index contributed by atoms with van der Waals surface area (Å²) in [7, 11) is 1.67. The summed E-state index contributed by atoms with van der Waals surface area (Å²) in [6.07, 6.45) is 6.08. The van der Waals surface area contributed by atoms with Crippen LogP contribution in [0.4, 0.5) is 0 Å². The van der Waals surface area contributed by atoms with Crippen LogP contribution in [0.1, 0.15) is 61.9 Å². The Morgan fingerprint density at radius 1 is 0.941 bits per heavy atom. The number of methoxy groups -OCH3 is 1. The van der Waals surface area contributed by atoms with E-state index in [2.05, 4.69) is 19.9 Å². The van der Waals surface area contributed by atoms with Gasteiger partial charge >= 0.3 is 0 Å². The summed E-state index contributed by atoms with van der Waals surface area (Å²) in [5.74, 6) is 1.52. The van der Waals surface area contributed by atoms with E-state index in [1.807, 2.05) is 28.0 Å². The standard InChI is InChI=1S/C28H36N2O4/c1-20-7-4-8-21(2)30(20)27(31)19-34-25-14-12-23(13-15-25)28(32)29-16-6-10-24(29)17-22-9-5-11-26(18-22)33-3/h5,9,11-15,18,20-21,24H,4,6-8,10,16-17,19H2,1-3H3. The lowest BCUT2D eigenvalue weighted by Gasteiger charge is -2.38. The summed E-state index contributed by atoms with van der Waals surface area (Å²) >= 11 is 0. The molecule has 2 heterocycles. The topological polar surface area (TPSA) is 59.1 Å². The second kappa shape index (κ2) is 10.9. The molecule has 0 bridgehead atoms. The molecule has 182 valence electrons. The van der Waals surface area contributed by atoms with E-state index >= 15 is 0 Å². The van der Waals surface area contributed by atoms with E-state index < -0.39 is 0 Å². The molecule has 0 N–H and O–H groups in total. The predicted molar refractivity (Wildman–Crippen MR) is 132 cm³/mol. The largest absolute Gasteiger partial charge is 0.497 e. The van der Waals surface area contributed by atoms with Crippen molar-refractivity contribution in [3.63, 3.8) is 0 Å². The molecule has 2 amide bonds. The SMILES string of the molecule is COc1cccc(CC2CCCN2C(=O)c2ccc(OCC(=O)N3C(C)CCCC3C)cc2)c1. The molecule has 4 rings (SSSR count). The molecule has 0 spiro atoms. The van der Waals surface area contributed by atoms with Gasteiger partial charge in [0.25, 0.3) is 11.8 Å². The highest BCUT2D eigenvalue weighted by Crippen LogP contribution is 2.26. The van der Waals surface area contributed by atoms with Gasteiger partial charge in [-0.1, -0.05) is 12.1 Å². The Bertz CT molecular complexity index is 980. The molecule has 2 aliphatic heterocycles. The van der Waals surface area contributed by atoms with E-state index in [0.717, 1.165) is 44.4 Å². The molecule has 0 aliphatic carbocycles. The summed E-state index contributed by atoms with van der Waals surface area (Å²) in [4.78, 5) is 29.9. The smallest absolute Gasteiger partial charge is 0.260 e. The molecular formula is C28H36N2O4. The van der Waals surface area contributed by atoms with Crippen LogP contribution in [-0.4, -0.2) is 60.0 Å². The van der Waals surface area contributed by atoms with Crippen molar-refractivity contribution >= 4 is 11.8 Å². The third-order valence-electron chi connectivity index (χ3n) is 7.19. The Morgan fingerprint density at radius 3 is 2.38 bits per heavy atom. The molecule has 0 saturated carbocycles. The third kappa shape index (κ3) is 5.54. The van der Waals surface area contributed by atoms with E-state index in [9.17, 15) is 9.59 Å². The summed E-state index contributed by atoms with van der Waals surface area (Å²) in [6.45, 7) is 5.00. The number of carbonyl (C=O) groups excluding carboxylic acids is 2. The Labute approximate surface area is 202 Å². The maximum atomic E-state index is 13.2. The van der Waals surface area contributed by atoms with Crippen molar-refractivity contribution in [2.45, 2.75) is 70.5 Å². The minimum absolute atomic E-state index is 0.0245. The number of carbonyl (C=O) groups is 2. The van der Waals surface area contributed by atoms with Gasteiger partial charge in [0.05, 0.1) is 7.11 Å². The zero-order chi connectivity index (χ0) is 24.1. The van der Waals surface area contributed by atoms with Crippen LogP contribution in [0.2, 0.25) is 0 Å². The molecule has 2 fully saturated rings. The van der Waals surface area contributed by atoms with Crippen molar-refractivity contribution in [1.82, 2.24) is 9.80 Å². The number of likely N-dealkylation sites (tertiary alicyclic amines) is 2. The number of piperidine rings is 1. The highest BCUT2D eigenvalue weighted by atomic mass is 16.5. The van der Waals surface area contributed by atoms with Gasteiger partial charge in [-0.2, -0.15) is 0 Å². The Balaban J connectivity index is 1.34. The van der Waals surface area contributed by atoms with Crippen LogP contribution in [0.5, 0.6) is 11.5 Å². The summed E-state index contributed by atoms with van der Waals surface area (Å²) < 4.78 is 11.1. The van der Waals surface area contributed by atoms with Gasteiger partial charge in [-0.25, -0.2) is 0 Å². The van der Waals surface area contributed by atoms with Crippen molar-refractivity contribution in [2.75, 3.05) is 20.3 Å². The first kappa shape index (κ1) is 24.1. The van der Waals surface area contributed by atoms with Crippen molar-refractivity contribution in [3.8, 4) is 11.5 Å². The highest BCUT2D eigenvalue weighted by molar-refractivity contribution is 5.94. The van der Waals surface area contributed by atoms with Gasteiger partial charge in [-0.05, 0) is 94.3 Å². The minimum atomic E-state index is 0.0245. The van der Waals surface area contributed by atoms with Crippen molar-refractivity contribution in [2.24, 2.45) is 0 Å². The summed E-state index contributed by atoms with van der Waals surface area (Å²) in [6, 6.07) is 15.9. The molecule has 6 nitrogen and oxygen atoms in total. The van der Waals surface area contributed by atoms with E-state index in [1.165, 1.54) is 12.0 Å². The third-order valence-corrected chi connectivity index (χ3v) is 7.19. The molecule has 2 aromatic rings. The number of nitrogens with zero attached hydrogens (tertiary/aromatic N) is 2. The second-order valence-corrected chi connectivity index (χ2v) is 9.59. The number of rotatable bonds is 7. The number of hydrogen-bond donors (Lipinski definition) is 0. The van der Waals surface area contributed by atoms with Crippen LogP contribution < -0.4 is 9.47 Å². The van der Waals surface area contributed by atoms with Crippen LogP contribution >= 0.6 is 0 Å². The van der Waals surface area contributed by atoms with Gasteiger partial charge in [0.15, 0.2) is 6.61 Å². The Hall–Kier alpha value is -3.02. The molecule has 0 radical (unpaired) electrons. The van der Waals surface area contributed by atoms with E-state index in [0.29, 0.717) is 11.3 Å². The van der Waals surface area contributed by atoms with Crippen LogP contribution in [0.25, 0.3) is 0 Å². The molecule has 6 heteroatoms. The molecule has 3 unspecified atom stereocenters. The van der Waals surface area contributed by atoms with Crippen LogP contribution in [0, 0.1) is 0 Å². The molecule has 0 aromatic heterocycles. The van der Waals surface area contributed by atoms with Gasteiger partial charge in [0.2, 0.25) is 0 Å². The molecule has 2 saturated heterocycles. The quantitative estimate of drug-likeness (QED) is 0.595. The van der Waals surface area contributed by atoms with Gasteiger partial charge < -0.3 is 19.3 Å². The number of ether oxygens (including phenoxy) is 2. The van der Waals surface area contributed by atoms with Crippen molar-refractivity contribution < 1.29 is 19.1 Å². The van der Waals surface area contributed by atoms with Gasteiger partial charge in [0.1, 0.15) is 11.5 Å². The predicted octanol–water partition coefficient (Wildman–Crippen LogP) is 4.71. The number of benzene rings is 2. The normalized spacial score (nSPS) is 22.5. The first-order valence-corrected chi connectivity index (χ1v) is 12.4. The van der Waals surface area contributed by atoms with Crippen LogP contribution in [-0.2, 0) is 11.2 Å². The summed E-state index contributed by atoms with van der Waals surface area (Å²) in [5, 5.41) is 0. The number of amides is 2. The lowest BCUT2D eigenvalue weighted by molar-refractivity contribution is -0.139. The van der Waals surface area contributed by atoms with Gasteiger partial charge in [0, 0.05) is 30.2 Å². The maximum Gasteiger partial charge on any atom is 0.260 e. The van der Waals surface area contributed by atoms with E-state index in [1.54, 1.807) is 31.4 Å². The van der Waals surface area contributed by atoms with E-state index in [4.69, 9.17) is 9.47 Å². The fourth-order valence-electron chi connectivity index (χ4n) is 5.38. The zero-order valence-corrected chi connectivity index (χ0v) is 20.5. The van der Waals surface area contributed by atoms with Crippen LogP contribution in [0.3, 0.4) is 0 Å². The van der Waals surface area contributed by atoms with Crippen molar-refractivity contribution in [3.05, 3.63) is 59.7 Å². The Morgan fingerprint density at radius 2 is 1.68 bits per heavy atom. The first-order valence-electron chi connectivity index (χ1n) is 12.4. The fraction of sp³-hybridized carbons (Fsp3) is 0.500. The molecular weight excluding hydrogens is 428 g/mol.